The first kappa shape index (κ1) is 20.2. The van der Waals surface area contributed by atoms with Gasteiger partial charge in [-0.25, -0.2) is 4.98 Å². The summed E-state index contributed by atoms with van der Waals surface area (Å²) in [5, 5.41) is 9.36. The van der Waals surface area contributed by atoms with Crippen molar-refractivity contribution >= 4 is 12.6 Å². The molecular weight excluding hydrogens is 355 g/mol. The topological polar surface area (TPSA) is 73.6 Å². The Bertz CT molecular complexity index is 888. The van der Waals surface area contributed by atoms with Crippen molar-refractivity contribution < 1.29 is 18.8 Å². The summed E-state index contributed by atoms with van der Waals surface area (Å²) in [7, 11) is 1.02. The molecule has 3 rings (SSSR count). The summed E-state index contributed by atoms with van der Waals surface area (Å²) in [5.74, 6) is 1.36. The molecule has 28 heavy (non-hydrogen) atoms. The Morgan fingerprint density at radius 1 is 1.11 bits per heavy atom. The van der Waals surface area contributed by atoms with Gasteiger partial charge in [0, 0.05) is 17.2 Å². The highest BCUT2D eigenvalue weighted by Gasteiger charge is 2.52. The third-order valence-corrected chi connectivity index (χ3v) is 5.45. The van der Waals surface area contributed by atoms with Gasteiger partial charge < -0.3 is 18.8 Å². The molecule has 2 heterocycles. The van der Waals surface area contributed by atoms with E-state index < -0.39 is 18.3 Å². The highest BCUT2D eigenvalue weighted by molar-refractivity contribution is 6.63. The molecule has 0 unspecified atom stereocenters. The number of nitrogens with zero attached hydrogens (tertiary/aromatic N) is 2. The van der Waals surface area contributed by atoms with Crippen LogP contribution in [0, 0.1) is 18.3 Å². The van der Waals surface area contributed by atoms with E-state index in [9.17, 15) is 5.26 Å². The summed E-state index contributed by atoms with van der Waals surface area (Å²) in [4.78, 5) is 4.26. The predicted octanol–water partition coefficient (Wildman–Crippen LogP) is 3.15. The SMILES string of the molecule is COc1ccc(COc2c(B3OC(C)(C)C(C)(C)O3)cnc(C#N)c2C)cc1. The number of benzene rings is 1. The molecule has 0 radical (unpaired) electrons. The van der Waals surface area contributed by atoms with Crippen LogP contribution in [0.1, 0.15) is 44.5 Å². The van der Waals surface area contributed by atoms with Crippen molar-refractivity contribution in [1.82, 2.24) is 4.98 Å². The lowest BCUT2D eigenvalue weighted by atomic mass is 9.78. The molecule has 1 aliphatic heterocycles. The number of pyridine rings is 1. The molecule has 0 atom stereocenters. The van der Waals surface area contributed by atoms with Crippen LogP contribution >= 0.6 is 0 Å². The average molecular weight is 380 g/mol. The minimum absolute atomic E-state index is 0.324. The Morgan fingerprint density at radius 3 is 2.25 bits per heavy atom. The van der Waals surface area contributed by atoms with Crippen LogP contribution < -0.4 is 14.9 Å². The van der Waals surface area contributed by atoms with Crippen LogP contribution in [-0.4, -0.2) is 30.4 Å². The molecule has 1 aromatic carbocycles. The third-order valence-electron chi connectivity index (χ3n) is 5.45. The fraction of sp³-hybridized carbons (Fsp3) is 0.429. The summed E-state index contributed by atoms with van der Waals surface area (Å²) in [6.07, 6.45) is 1.61. The monoisotopic (exact) mass is 380 g/mol. The first-order chi connectivity index (χ1) is 13.2. The van der Waals surface area contributed by atoms with Crippen molar-refractivity contribution in [3.63, 3.8) is 0 Å². The van der Waals surface area contributed by atoms with Crippen molar-refractivity contribution in [3.8, 4) is 17.6 Å². The Balaban J connectivity index is 1.91. The molecule has 1 fully saturated rings. The van der Waals surface area contributed by atoms with Crippen LogP contribution in [0.5, 0.6) is 11.5 Å². The molecule has 7 heteroatoms. The zero-order valence-electron chi connectivity index (χ0n) is 17.2. The van der Waals surface area contributed by atoms with E-state index in [1.54, 1.807) is 13.3 Å². The van der Waals surface area contributed by atoms with Gasteiger partial charge in [0.05, 0.1) is 18.3 Å². The largest absolute Gasteiger partial charge is 0.500 e. The number of ether oxygens (including phenoxy) is 2. The molecule has 6 nitrogen and oxygen atoms in total. The maximum atomic E-state index is 9.36. The van der Waals surface area contributed by atoms with Crippen LogP contribution in [0.15, 0.2) is 30.5 Å². The smallest absolute Gasteiger partial charge is 0.497 e. The van der Waals surface area contributed by atoms with E-state index in [1.165, 1.54) is 0 Å². The molecule has 0 saturated carbocycles. The van der Waals surface area contributed by atoms with Crippen molar-refractivity contribution in [2.24, 2.45) is 0 Å². The number of nitriles is 1. The van der Waals surface area contributed by atoms with Gasteiger partial charge in [-0.2, -0.15) is 5.26 Å². The Labute approximate surface area is 166 Å². The Hall–Kier alpha value is -2.56. The van der Waals surface area contributed by atoms with Gasteiger partial charge in [-0.05, 0) is 52.3 Å². The standard InChI is InChI=1S/C21H25BN2O4/c1-14-18(11-23)24-12-17(22-27-20(2,3)21(4,5)28-22)19(14)26-13-15-7-9-16(25-6)10-8-15/h7-10,12H,13H2,1-6H3. The molecule has 146 valence electrons. The van der Waals surface area contributed by atoms with Crippen LogP contribution in [-0.2, 0) is 15.9 Å². The zero-order chi connectivity index (χ0) is 20.5. The molecule has 0 spiro atoms. The van der Waals surface area contributed by atoms with Gasteiger partial charge in [0.2, 0.25) is 0 Å². The van der Waals surface area contributed by atoms with E-state index in [4.69, 9.17) is 18.8 Å². The maximum Gasteiger partial charge on any atom is 0.500 e. The van der Waals surface area contributed by atoms with Gasteiger partial charge in [-0.3, -0.25) is 0 Å². The summed E-state index contributed by atoms with van der Waals surface area (Å²) in [5.41, 5.74) is 1.70. The van der Waals surface area contributed by atoms with Gasteiger partial charge in [-0.1, -0.05) is 12.1 Å². The fourth-order valence-electron chi connectivity index (χ4n) is 2.93. The van der Waals surface area contributed by atoms with E-state index in [0.717, 1.165) is 11.3 Å². The Kier molecular flexibility index (Phi) is 5.38. The summed E-state index contributed by atoms with van der Waals surface area (Å²) < 4.78 is 23.6. The van der Waals surface area contributed by atoms with Gasteiger partial charge in [0.25, 0.3) is 0 Å². The highest BCUT2D eigenvalue weighted by atomic mass is 16.7. The van der Waals surface area contributed by atoms with Crippen molar-refractivity contribution in [2.75, 3.05) is 7.11 Å². The van der Waals surface area contributed by atoms with E-state index in [0.29, 0.717) is 29.1 Å². The minimum Gasteiger partial charge on any atom is -0.497 e. The van der Waals surface area contributed by atoms with Crippen molar-refractivity contribution in [2.45, 2.75) is 52.4 Å². The number of hydrogen-bond donors (Lipinski definition) is 0. The zero-order valence-corrected chi connectivity index (χ0v) is 17.2. The molecular formula is C21H25BN2O4. The molecule has 2 aromatic rings. The predicted molar refractivity (Wildman–Crippen MR) is 107 cm³/mol. The van der Waals surface area contributed by atoms with E-state index in [-0.39, 0.29) is 0 Å². The first-order valence-electron chi connectivity index (χ1n) is 9.19. The molecule has 1 aromatic heterocycles. The van der Waals surface area contributed by atoms with Gasteiger partial charge in [0.15, 0.2) is 0 Å². The quantitative estimate of drug-likeness (QED) is 0.742. The molecule has 1 aliphatic rings. The second-order valence-electron chi connectivity index (χ2n) is 7.85. The van der Waals surface area contributed by atoms with Crippen LogP contribution in [0.25, 0.3) is 0 Å². The van der Waals surface area contributed by atoms with Crippen LogP contribution in [0.2, 0.25) is 0 Å². The minimum atomic E-state index is -0.616. The fourth-order valence-corrected chi connectivity index (χ4v) is 2.93. The van der Waals surface area contributed by atoms with Crippen molar-refractivity contribution in [3.05, 3.63) is 47.3 Å². The summed E-state index contributed by atoms with van der Waals surface area (Å²) in [6, 6.07) is 9.75. The first-order valence-corrected chi connectivity index (χ1v) is 9.19. The highest BCUT2D eigenvalue weighted by Crippen LogP contribution is 2.37. The van der Waals surface area contributed by atoms with E-state index in [1.807, 2.05) is 58.9 Å². The number of hydrogen-bond acceptors (Lipinski definition) is 6. The average Bonchev–Trinajstić information content (AvgIpc) is 2.88. The van der Waals surface area contributed by atoms with Gasteiger partial charge in [0.1, 0.15) is 29.9 Å². The normalized spacial score (nSPS) is 17.2. The lowest BCUT2D eigenvalue weighted by molar-refractivity contribution is 0.00578. The Morgan fingerprint density at radius 2 is 1.71 bits per heavy atom. The molecule has 0 aliphatic carbocycles. The van der Waals surface area contributed by atoms with E-state index >= 15 is 0 Å². The van der Waals surface area contributed by atoms with Crippen molar-refractivity contribution in [1.29, 1.82) is 5.26 Å². The molecule has 0 amide bonds. The number of aromatic nitrogens is 1. The number of methoxy groups -OCH3 is 1. The van der Waals surface area contributed by atoms with E-state index in [2.05, 4.69) is 11.1 Å². The summed E-state index contributed by atoms with van der Waals surface area (Å²) >= 11 is 0. The second-order valence-corrected chi connectivity index (χ2v) is 7.85. The molecule has 1 saturated heterocycles. The molecule has 0 bridgehead atoms. The van der Waals surface area contributed by atoms with Gasteiger partial charge >= 0.3 is 7.12 Å². The van der Waals surface area contributed by atoms with Crippen LogP contribution in [0.3, 0.4) is 0 Å². The second kappa shape index (κ2) is 7.46. The third kappa shape index (κ3) is 3.71. The lowest BCUT2D eigenvalue weighted by Crippen LogP contribution is -2.41. The molecule has 0 N–H and O–H groups in total. The maximum absolute atomic E-state index is 9.36. The number of rotatable bonds is 5. The van der Waals surface area contributed by atoms with Crippen LogP contribution in [0.4, 0.5) is 0 Å². The lowest BCUT2D eigenvalue weighted by Gasteiger charge is -2.32. The summed E-state index contributed by atoms with van der Waals surface area (Å²) in [6.45, 7) is 10.1. The van der Waals surface area contributed by atoms with Gasteiger partial charge in [-0.15, -0.1) is 0 Å².